The molecule has 0 spiro atoms. The van der Waals surface area contributed by atoms with Gasteiger partial charge in [0.1, 0.15) is 0 Å². The van der Waals surface area contributed by atoms with Gasteiger partial charge in [0.2, 0.25) is 0 Å². The molecule has 10 heavy (non-hydrogen) atoms. The van der Waals surface area contributed by atoms with Gasteiger partial charge in [-0.25, -0.2) is 5.43 Å². The minimum Gasteiger partial charge on any atom is -0.235 e. The third-order valence-corrected chi connectivity index (χ3v) is 1.04. The summed E-state index contributed by atoms with van der Waals surface area (Å²) in [7, 11) is 0. The molecule has 0 unspecified atom stereocenters. The van der Waals surface area contributed by atoms with Crippen LogP contribution < -0.4 is 10.9 Å². The van der Waals surface area contributed by atoms with Crippen LogP contribution in [0.4, 0.5) is 0 Å². The summed E-state index contributed by atoms with van der Waals surface area (Å²) in [6, 6.07) is 0. The van der Waals surface area contributed by atoms with Crippen molar-refractivity contribution < 1.29 is 0 Å². The number of nitrogens with zero attached hydrogens (tertiary/aromatic N) is 1. The Hall–Kier alpha value is -0.0800. The average Bonchev–Trinajstić information content (AvgIpc) is 1.78. The van der Waals surface area contributed by atoms with Gasteiger partial charge in [-0.2, -0.15) is 5.43 Å². The molecule has 0 aromatic heterocycles. The Balaban J connectivity index is 3.04. The second-order valence-electron chi connectivity index (χ2n) is 3.60. The maximum absolute atomic E-state index is 4.18. The third-order valence-electron chi connectivity index (χ3n) is 1.04. The van der Waals surface area contributed by atoms with E-state index >= 15 is 0 Å². The van der Waals surface area contributed by atoms with E-state index in [0.717, 1.165) is 6.54 Å². The monoisotopic (exact) mass is 143 g/mol. The second kappa shape index (κ2) is 4.69. The first-order valence-electron chi connectivity index (χ1n) is 4.00. The molecule has 0 aromatic rings. The van der Waals surface area contributed by atoms with Gasteiger partial charge in [-0.1, -0.05) is 13.3 Å². The highest BCUT2D eigenvalue weighted by atomic mass is 15.4. The normalized spacial score (nSPS) is 12.0. The first-order chi connectivity index (χ1) is 4.56. The fraction of sp³-hybridized carbons (Fsp3) is 1.00. The van der Waals surface area contributed by atoms with Gasteiger partial charge in [-0.05, 0) is 27.2 Å². The van der Waals surface area contributed by atoms with Gasteiger partial charge in [0.15, 0.2) is 0 Å². The van der Waals surface area contributed by atoms with Crippen molar-refractivity contribution in [2.45, 2.75) is 46.1 Å². The fourth-order valence-electron chi connectivity index (χ4n) is 0.530. The highest BCUT2D eigenvalue weighted by Crippen LogP contribution is 1.95. The topological polar surface area (TPSA) is 26.1 Å². The van der Waals surface area contributed by atoms with Gasteiger partial charge in [0.05, 0.1) is 0 Å². The largest absolute Gasteiger partial charge is 0.235 e. The zero-order valence-electron chi connectivity index (χ0n) is 7.57. The lowest BCUT2D eigenvalue weighted by molar-refractivity contribution is 0.348. The summed E-state index contributed by atoms with van der Waals surface area (Å²) < 4.78 is 0. The van der Waals surface area contributed by atoms with E-state index in [1.54, 1.807) is 0 Å². The Labute approximate surface area is 64.4 Å². The van der Waals surface area contributed by atoms with Crippen LogP contribution in [0.1, 0.15) is 40.5 Å². The van der Waals surface area contributed by atoms with Gasteiger partial charge in [-0.15, -0.1) is 0 Å². The Morgan fingerprint density at radius 2 is 1.90 bits per heavy atom. The van der Waals surface area contributed by atoms with E-state index < -0.39 is 0 Å². The molecule has 2 heteroatoms. The van der Waals surface area contributed by atoms with Crippen molar-refractivity contribution in [2.24, 2.45) is 0 Å². The summed E-state index contributed by atoms with van der Waals surface area (Å²) in [6.07, 6.45) is 2.40. The maximum Gasteiger partial charge on any atom is 0.0304 e. The van der Waals surface area contributed by atoms with Crippen molar-refractivity contribution in [3.05, 3.63) is 0 Å². The number of nitrogens with one attached hydrogen (secondary N) is 1. The minimum atomic E-state index is 0.133. The van der Waals surface area contributed by atoms with Crippen molar-refractivity contribution in [1.82, 2.24) is 10.9 Å². The van der Waals surface area contributed by atoms with Crippen molar-refractivity contribution >= 4 is 0 Å². The van der Waals surface area contributed by atoms with E-state index in [1.165, 1.54) is 12.8 Å². The molecule has 0 heterocycles. The van der Waals surface area contributed by atoms with Crippen LogP contribution in [0, 0.1) is 0 Å². The van der Waals surface area contributed by atoms with Crippen LogP contribution in [-0.4, -0.2) is 12.1 Å². The van der Waals surface area contributed by atoms with Gasteiger partial charge in [0.25, 0.3) is 0 Å². The summed E-state index contributed by atoms with van der Waals surface area (Å²) >= 11 is 0. The Morgan fingerprint density at radius 1 is 1.30 bits per heavy atom. The van der Waals surface area contributed by atoms with E-state index in [1.807, 2.05) is 0 Å². The second-order valence-corrected chi connectivity index (χ2v) is 3.60. The molecule has 61 valence electrons. The molecule has 0 aliphatic rings. The summed E-state index contributed by atoms with van der Waals surface area (Å²) in [5, 5.41) is 0. The minimum absolute atomic E-state index is 0.133. The van der Waals surface area contributed by atoms with Crippen molar-refractivity contribution in [3.63, 3.8) is 0 Å². The molecule has 0 atom stereocenters. The molecule has 0 saturated heterocycles. The maximum atomic E-state index is 4.18. The van der Waals surface area contributed by atoms with Crippen LogP contribution in [0.15, 0.2) is 0 Å². The van der Waals surface area contributed by atoms with Crippen LogP contribution in [0.25, 0.3) is 0 Å². The Kier molecular flexibility index (Phi) is 4.65. The summed E-state index contributed by atoms with van der Waals surface area (Å²) in [4.78, 5) is 0. The molecule has 0 aromatic carbocycles. The molecule has 0 aliphatic carbocycles. The molecule has 0 rings (SSSR count). The number of hydrogen-bond acceptors (Lipinski definition) is 1. The zero-order valence-corrected chi connectivity index (χ0v) is 7.57. The predicted molar refractivity (Wildman–Crippen MR) is 44.8 cm³/mol. The molecule has 0 bridgehead atoms. The summed E-state index contributed by atoms with van der Waals surface area (Å²) in [5.74, 6) is 0. The highest BCUT2D eigenvalue weighted by molar-refractivity contribution is 4.66. The number of unbranched alkanes of at least 4 members (excludes halogenated alkanes) is 1. The lowest BCUT2D eigenvalue weighted by atomic mass is 10.1. The Morgan fingerprint density at radius 3 is 2.30 bits per heavy atom. The predicted octanol–water partition coefficient (Wildman–Crippen LogP) is 1.69. The van der Waals surface area contributed by atoms with E-state index in [4.69, 9.17) is 0 Å². The number of rotatable bonds is 4. The SMILES string of the molecule is CCCC[N]NC(C)(C)C. The van der Waals surface area contributed by atoms with Gasteiger partial charge >= 0.3 is 0 Å². The smallest absolute Gasteiger partial charge is 0.0304 e. The van der Waals surface area contributed by atoms with Crippen molar-refractivity contribution in [2.75, 3.05) is 6.54 Å². The first-order valence-corrected chi connectivity index (χ1v) is 4.00. The van der Waals surface area contributed by atoms with E-state index in [0.29, 0.717) is 0 Å². The molecular formula is C8H19N2. The zero-order chi connectivity index (χ0) is 8.04. The Bertz CT molecular complexity index is 73.8. The van der Waals surface area contributed by atoms with E-state index in [-0.39, 0.29) is 5.54 Å². The molecule has 2 nitrogen and oxygen atoms in total. The van der Waals surface area contributed by atoms with E-state index in [9.17, 15) is 0 Å². The van der Waals surface area contributed by atoms with Crippen LogP contribution in [-0.2, 0) is 0 Å². The van der Waals surface area contributed by atoms with Gasteiger partial charge < -0.3 is 0 Å². The van der Waals surface area contributed by atoms with Crippen LogP contribution in [0.5, 0.6) is 0 Å². The van der Waals surface area contributed by atoms with Crippen LogP contribution >= 0.6 is 0 Å². The molecule has 1 N–H and O–H groups in total. The molecule has 0 aliphatic heterocycles. The fourth-order valence-corrected chi connectivity index (χ4v) is 0.530. The lowest BCUT2D eigenvalue weighted by Crippen LogP contribution is -2.41. The highest BCUT2D eigenvalue weighted by Gasteiger charge is 2.07. The molecule has 1 radical (unpaired) electrons. The quantitative estimate of drug-likeness (QED) is 0.470. The van der Waals surface area contributed by atoms with Crippen LogP contribution in [0.3, 0.4) is 0 Å². The first kappa shape index (κ1) is 9.92. The van der Waals surface area contributed by atoms with Gasteiger partial charge in [-0.3, -0.25) is 0 Å². The standard InChI is InChI=1S/C8H19N2/c1-5-6-7-9-10-8(2,3)4/h10H,5-7H2,1-4H3. The summed E-state index contributed by atoms with van der Waals surface area (Å²) in [5.41, 5.74) is 7.40. The number of hydrogen-bond donors (Lipinski definition) is 1. The van der Waals surface area contributed by atoms with Crippen molar-refractivity contribution in [1.29, 1.82) is 0 Å². The third kappa shape index (κ3) is 7.92. The lowest BCUT2D eigenvalue weighted by Gasteiger charge is -2.19. The molecule has 0 saturated carbocycles. The average molecular weight is 143 g/mol. The molecule has 0 fully saturated rings. The van der Waals surface area contributed by atoms with Crippen molar-refractivity contribution in [3.8, 4) is 0 Å². The molecular weight excluding hydrogens is 124 g/mol. The summed E-state index contributed by atoms with van der Waals surface area (Å²) in [6.45, 7) is 9.45. The van der Waals surface area contributed by atoms with E-state index in [2.05, 4.69) is 38.5 Å². The van der Waals surface area contributed by atoms with Gasteiger partial charge in [0, 0.05) is 12.1 Å². The molecule has 0 amide bonds. The van der Waals surface area contributed by atoms with Crippen LogP contribution in [0.2, 0.25) is 0 Å².